The van der Waals surface area contributed by atoms with Gasteiger partial charge in [0.1, 0.15) is 0 Å². The van der Waals surface area contributed by atoms with Crippen molar-refractivity contribution in [2.45, 2.75) is 57.7 Å². The summed E-state index contributed by atoms with van der Waals surface area (Å²) in [6.45, 7) is 4.86. The van der Waals surface area contributed by atoms with Gasteiger partial charge in [0.05, 0.1) is 24.5 Å². The summed E-state index contributed by atoms with van der Waals surface area (Å²) < 4.78 is 1.91. The van der Waals surface area contributed by atoms with Crippen molar-refractivity contribution < 1.29 is 14.7 Å². The van der Waals surface area contributed by atoms with Crippen molar-refractivity contribution in [1.29, 1.82) is 0 Å². The number of nitrogens with one attached hydrogen (secondary N) is 2. The lowest BCUT2D eigenvalue weighted by Crippen LogP contribution is -2.55. The van der Waals surface area contributed by atoms with Crippen LogP contribution >= 0.6 is 0 Å². The average Bonchev–Trinajstić information content (AvgIpc) is 3.27. The number of carboxylic acid groups (broad SMARTS) is 1. The molecule has 138 valence electrons. The van der Waals surface area contributed by atoms with Gasteiger partial charge in [-0.15, -0.1) is 0 Å². The molecule has 1 unspecified atom stereocenters. The molecule has 0 spiro atoms. The van der Waals surface area contributed by atoms with Crippen molar-refractivity contribution in [3.8, 4) is 0 Å². The summed E-state index contributed by atoms with van der Waals surface area (Å²) in [5.74, 6) is -0.103. The molecular weight excluding hydrogens is 322 g/mol. The summed E-state index contributed by atoms with van der Waals surface area (Å²) in [6.07, 6.45) is 7.62. The first-order valence-corrected chi connectivity index (χ1v) is 9.03. The molecular formula is C17H27N5O3. The molecule has 2 fully saturated rings. The largest absolute Gasteiger partial charge is 0.480 e. The number of rotatable bonds is 8. The number of aromatic nitrogens is 2. The van der Waals surface area contributed by atoms with Crippen LogP contribution in [0.2, 0.25) is 0 Å². The molecule has 0 saturated heterocycles. The van der Waals surface area contributed by atoms with E-state index in [-0.39, 0.29) is 24.7 Å². The molecule has 0 bridgehead atoms. The number of carboxylic acids is 1. The molecule has 1 atom stereocenters. The molecule has 25 heavy (non-hydrogen) atoms. The van der Waals surface area contributed by atoms with E-state index >= 15 is 0 Å². The SMILES string of the molecule is CCN(CC(=O)O)C1CC(NC(=O)Nc2cnn(C(C)C3CC3)c2)C1. The summed E-state index contributed by atoms with van der Waals surface area (Å²) >= 11 is 0. The molecule has 8 nitrogen and oxygen atoms in total. The Labute approximate surface area is 147 Å². The van der Waals surface area contributed by atoms with Crippen molar-refractivity contribution >= 4 is 17.7 Å². The fourth-order valence-electron chi connectivity index (χ4n) is 3.45. The third-order valence-electron chi connectivity index (χ3n) is 5.29. The summed E-state index contributed by atoms with van der Waals surface area (Å²) in [7, 11) is 0. The minimum atomic E-state index is -0.812. The summed E-state index contributed by atoms with van der Waals surface area (Å²) in [5.41, 5.74) is 0.696. The van der Waals surface area contributed by atoms with Crippen molar-refractivity contribution in [1.82, 2.24) is 20.0 Å². The maximum Gasteiger partial charge on any atom is 0.319 e. The molecule has 0 radical (unpaired) electrons. The number of urea groups is 1. The topological polar surface area (TPSA) is 99.5 Å². The second kappa shape index (κ2) is 7.43. The smallest absolute Gasteiger partial charge is 0.319 e. The molecule has 0 aliphatic heterocycles. The molecule has 0 aromatic carbocycles. The van der Waals surface area contributed by atoms with Gasteiger partial charge in [0, 0.05) is 18.3 Å². The fourth-order valence-corrected chi connectivity index (χ4v) is 3.45. The van der Waals surface area contributed by atoms with Gasteiger partial charge in [-0.1, -0.05) is 6.92 Å². The molecule has 3 rings (SSSR count). The molecule has 2 amide bonds. The van der Waals surface area contributed by atoms with Crippen LogP contribution in [0.4, 0.5) is 10.5 Å². The van der Waals surface area contributed by atoms with Crippen molar-refractivity contribution in [3.63, 3.8) is 0 Å². The van der Waals surface area contributed by atoms with Crippen LogP contribution in [0, 0.1) is 5.92 Å². The van der Waals surface area contributed by atoms with Crippen LogP contribution in [0.25, 0.3) is 0 Å². The molecule has 2 saturated carbocycles. The van der Waals surface area contributed by atoms with Gasteiger partial charge in [-0.2, -0.15) is 5.10 Å². The van der Waals surface area contributed by atoms with Crippen LogP contribution in [0.15, 0.2) is 12.4 Å². The Morgan fingerprint density at radius 2 is 2.16 bits per heavy atom. The van der Waals surface area contributed by atoms with Crippen LogP contribution < -0.4 is 10.6 Å². The van der Waals surface area contributed by atoms with Gasteiger partial charge >= 0.3 is 12.0 Å². The van der Waals surface area contributed by atoms with Crippen molar-refractivity contribution in [2.24, 2.45) is 5.92 Å². The van der Waals surface area contributed by atoms with Crippen molar-refractivity contribution in [2.75, 3.05) is 18.4 Å². The lowest BCUT2D eigenvalue weighted by atomic mass is 9.85. The van der Waals surface area contributed by atoms with Crippen LogP contribution in [0.3, 0.4) is 0 Å². The Hall–Kier alpha value is -2.09. The van der Waals surface area contributed by atoms with Gasteiger partial charge in [0.15, 0.2) is 0 Å². The van der Waals surface area contributed by atoms with Gasteiger partial charge in [-0.25, -0.2) is 4.79 Å². The standard InChI is InChI=1S/C17H27N5O3/c1-3-21(10-16(23)24)15-6-13(7-15)19-17(25)20-14-8-18-22(9-14)11(2)12-4-5-12/h8-9,11-13,15H,3-7,10H2,1-2H3,(H,23,24)(H2,19,20,25). The normalized spacial score (nSPS) is 23.8. The highest BCUT2D eigenvalue weighted by molar-refractivity contribution is 5.89. The highest BCUT2D eigenvalue weighted by Crippen LogP contribution is 2.39. The minimum absolute atomic E-state index is 0.0540. The van der Waals surface area contributed by atoms with E-state index in [1.165, 1.54) is 12.8 Å². The highest BCUT2D eigenvalue weighted by atomic mass is 16.4. The van der Waals surface area contributed by atoms with Gasteiger partial charge in [-0.05, 0) is 45.1 Å². The average molecular weight is 349 g/mol. The highest BCUT2D eigenvalue weighted by Gasteiger charge is 2.34. The van der Waals surface area contributed by atoms with Crippen LogP contribution in [0.1, 0.15) is 45.6 Å². The van der Waals surface area contributed by atoms with Gasteiger partial charge in [0.2, 0.25) is 0 Å². The maximum absolute atomic E-state index is 12.1. The van der Waals surface area contributed by atoms with E-state index in [2.05, 4.69) is 22.7 Å². The molecule has 2 aliphatic rings. The van der Waals surface area contributed by atoms with E-state index in [4.69, 9.17) is 5.11 Å². The second-order valence-corrected chi connectivity index (χ2v) is 7.16. The van der Waals surface area contributed by atoms with E-state index in [1.54, 1.807) is 6.20 Å². The number of hydrogen-bond donors (Lipinski definition) is 3. The zero-order valence-electron chi connectivity index (χ0n) is 14.8. The molecule has 1 heterocycles. The molecule has 1 aromatic heterocycles. The minimum Gasteiger partial charge on any atom is -0.480 e. The first-order chi connectivity index (χ1) is 12.0. The monoisotopic (exact) mass is 349 g/mol. The van der Waals surface area contributed by atoms with E-state index in [0.29, 0.717) is 24.2 Å². The van der Waals surface area contributed by atoms with E-state index in [0.717, 1.165) is 12.8 Å². The number of carbonyl (C=O) groups is 2. The number of likely N-dealkylation sites (N-methyl/N-ethyl adjacent to an activating group) is 1. The first kappa shape index (κ1) is 17.7. The van der Waals surface area contributed by atoms with Gasteiger partial charge in [-0.3, -0.25) is 14.4 Å². The molecule has 8 heteroatoms. The Kier molecular flexibility index (Phi) is 5.27. The lowest BCUT2D eigenvalue weighted by Gasteiger charge is -2.42. The Bertz CT molecular complexity index is 622. The second-order valence-electron chi connectivity index (χ2n) is 7.16. The Balaban J connectivity index is 1.41. The van der Waals surface area contributed by atoms with Crippen LogP contribution in [0.5, 0.6) is 0 Å². The molecule has 2 aliphatic carbocycles. The zero-order valence-corrected chi connectivity index (χ0v) is 14.8. The number of hydrogen-bond acceptors (Lipinski definition) is 4. The molecule has 1 aromatic rings. The van der Waals surface area contributed by atoms with E-state index < -0.39 is 5.97 Å². The number of amides is 2. The Morgan fingerprint density at radius 1 is 1.44 bits per heavy atom. The number of nitrogens with zero attached hydrogens (tertiary/aromatic N) is 3. The van der Waals surface area contributed by atoms with Crippen LogP contribution in [-0.4, -0.2) is 57.0 Å². The zero-order chi connectivity index (χ0) is 18.0. The van der Waals surface area contributed by atoms with E-state index in [1.807, 2.05) is 22.7 Å². The number of anilines is 1. The lowest BCUT2D eigenvalue weighted by molar-refractivity contribution is -0.139. The predicted molar refractivity (Wildman–Crippen MR) is 93.5 cm³/mol. The van der Waals surface area contributed by atoms with Crippen LogP contribution in [-0.2, 0) is 4.79 Å². The summed E-state index contributed by atoms with van der Waals surface area (Å²) in [5, 5.41) is 19.0. The summed E-state index contributed by atoms with van der Waals surface area (Å²) in [6, 6.07) is 0.463. The van der Waals surface area contributed by atoms with Gasteiger partial charge in [0.25, 0.3) is 0 Å². The number of aliphatic carboxylic acids is 1. The third kappa shape index (κ3) is 4.50. The Morgan fingerprint density at radius 3 is 2.76 bits per heavy atom. The maximum atomic E-state index is 12.1. The fraction of sp³-hybridized carbons (Fsp3) is 0.706. The van der Waals surface area contributed by atoms with Crippen molar-refractivity contribution in [3.05, 3.63) is 12.4 Å². The van der Waals surface area contributed by atoms with E-state index in [9.17, 15) is 9.59 Å². The first-order valence-electron chi connectivity index (χ1n) is 9.03. The molecule has 3 N–H and O–H groups in total. The quantitative estimate of drug-likeness (QED) is 0.666. The predicted octanol–water partition coefficient (Wildman–Crippen LogP) is 1.91. The number of carbonyl (C=O) groups excluding carboxylic acids is 1. The third-order valence-corrected chi connectivity index (χ3v) is 5.29. The van der Waals surface area contributed by atoms with Gasteiger partial charge < -0.3 is 15.7 Å². The summed E-state index contributed by atoms with van der Waals surface area (Å²) in [4.78, 5) is 24.9.